The Morgan fingerprint density at radius 1 is 1.40 bits per heavy atom. The fourth-order valence-electron chi connectivity index (χ4n) is 1.58. The highest BCUT2D eigenvalue weighted by Crippen LogP contribution is 2.19. The molecule has 2 aromatic rings. The lowest BCUT2D eigenvalue weighted by molar-refractivity contribution is 0.423. The molecule has 0 aliphatic heterocycles. The second kappa shape index (κ2) is 5.77. The van der Waals surface area contributed by atoms with Gasteiger partial charge in [0.1, 0.15) is 6.26 Å². The minimum absolute atomic E-state index is 0.128. The fraction of sp³-hybridized carbons (Fsp3) is 0.154. The average molecular weight is 291 g/mol. The Kier molecular flexibility index (Phi) is 4.08. The summed E-state index contributed by atoms with van der Waals surface area (Å²) in [6.45, 7) is 1.92. The van der Waals surface area contributed by atoms with Gasteiger partial charge in [-0.05, 0) is 24.6 Å². The molecule has 1 aromatic carbocycles. The number of benzene rings is 1. The molecule has 0 radical (unpaired) electrons. The lowest BCUT2D eigenvalue weighted by Crippen LogP contribution is -2.14. The van der Waals surface area contributed by atoms with Crippen molar-refractivity contribution in [2.45, 2.75) is 11.8 Å². The van der Waals surface area contributed by atoms with Crippen molar-refractivity contribution >= 4 is 15.8 Å². The first kappa shape index (κ1) is 14.1. The topological polar surface area (TPSA) is 98.2 Å². The van der Waals surface area contributed by atoms with Crippen LogP contribution in [-0.2, 0) is 10.0 Å². The zero-order chi connectivity index (χ0) is 14.6. The Morgan fingerprint density at radius 2 is 2.20 bits per heavy atom. The van der Waals surface area contributed by atoms with Crippen molar-refractivity contribution in [2.75, 3.05) is 11.3 Å². The molecular formula is C13H13N3O3S. The van der Waals surface area contributed by atoms with Gasteiger partial charge in [0.25, 0.3) is 10.0 Å². The summed E-state index contributed by atoms with van der Waals surface area (Å²) in [5.41, 5.74) is 6.49. The maximum Gasteiger partial charge on any atom is 0.263 e. The van der Waals surface area contributed by atoms with E-state index in [0.717, 1.165) is 0 Å². The van der Waals surface area contributed by atoms with Gasteiger partial charge in [0, 0.05) is 11.6 Å². The molecule has 0 spiro atoms. The summed E-state index contributed by atoms with van der Waals surface area (Å²) >= 11 is 0. The quantitative estimate of drug-likeness (QED) is 0.825. The molecule has 1 heterocycles. The minimum Gasteiger partial charge on any atom is -0.363 e. The number of nitrogens with zero attached hydrogens (tertiary/aromatic N) is 1. The van der Waals surface area contributed by atoms with Gasteiger partial charge in [-0.1, -0.05) is 23.1 Å². The normalized spacial score (nSPS) is 10.7. The van der Waals surface area contributed by atoms with Gasteiger partial charge in [-0.2, -0.15) is 0 Å². The second-order valence-electron chi connectivity index (χ2n) is 3.98. The van der Waals surface area contributed by atoms with Crippen molar-refractivity contribution in [1.82, 2.24) is 5.16 Å². The number of anilines is 1. The molecule has 0 saturated carbocycles. The van der Waals surface area contributed by atoms with E-state index >= 15 is 0 Å². The van der Waals surface area contributed by atoms with Crippen LogP contribution in [0.4, 0.5) is 5.82 Å². The number of nitrogens with two attached hydrogens (primary N) is 1. The minimum atomic E-state index is -3.73. The van der Waals surface area contributed by atoms with E-state index in [1.807, 2.05) is 0 Å². The van der Waals surface area contributed by atoms with Crippen molar-refractivity contribution in [2.24, 2.45) is 5.73 Å². The van der Waals surface area contributed by atoms with Crippen LogP contribution in [0.25, 0.3) is 0 Å². The zero-order valence-electron chi connectivity index (χ0n) is 10.8. The van der Waals surface area contributed by atoms with Crippen molar-refractivity contribution in [3.8, 4) is 11.8 Å². The summed E-state index contributed by atoms with van der Waals surface area (Å²) in [5, 5.41) is 3.52. The van der Waals surface area contributed by atoms with Crippen molar-refractivity contribution < 1.29 is 12.9 Å². The van der Waals surface area contributed by atoms with Gasteiger partial charge in [-0.15, -0.1) is 0 Å². The van der Waals surface area contributed by atoms with Crippen molar-refractivity contribution in [3.05, 3.63) is 41.7 Å². The zero-order valence-corrected chi connectivity index (χ0v) is 11.6. The average Bonchev–Trinajstić information content (AvgIpc) is 2.89. The number of hydrogen-bond acceptors (Lipinski definition) is 5. The first-order valence-corrected chi connectivity index (χ1v) is 7.24. The van der Waals surface area contributed by atoms with E-state index in [-0.39, 0.29) is 17.3 Å². The summed E-state index contributed by atoms with van der Waals surface area (Å²) in [7, 11) is -3.73. The molecule has 0 aliphatic rings. The second-order valence-corrected chi connectivity index (χ2v) is 5.63. The summed E-state index contributed by atoms with van der Waals surface area (Å²) in [6, 6.07) is 6.36. The highest BCUT2D eigenvalue weighted by molar-refractivity contribution is 7.92. The number of aromatic nitrogens is 1. The van der Waals surface area contributed by atoms with Gasteiger partial charge in [-0.3, -0.25) is 4.72 Å². The first-order valence-electron chi connectivity index (χ1n) is 5.76. The van der Waals surface area contributed by atoms with E-state index in [1.54, 1.807) is 19.1 Å². The van der Waals surface area contributed by atoms with E-state index in [1.165, 1.54) is 18.4 Å². The third kappa shape index (κ3) is 3.17. The van der Waals surface area contributed by atoms with Gasteiger partial charge >= 0.3 is 0 Å². The largest absolute Gasteiger partial charge is 0.363 e. The van der Waals surface area contributed by atoms with E-state index in [4.69, 9.17) is 5.73 Å². The van der Waals surface area contributed by atoms with E-state index in [2.05, 4.69) is 26.2 Å². The Balaban J connectivity index is 2.40. The van der Waals surface area contributed by atoms with Crippen LogP contribution in [0.3, 0.4) is 0 Å². The summed E-state index contributed by atoms with van der Waals surface area (Å²) in [6.07, 6.45) is 1.29. The third-order valence-electron chi connectivity index (χ3n) is 2.49. The maximum atomic E-state index is 12.3. The van der Waals surface area contributed by atoms with Gasteiger partial charge in [0.15, 0.2) is 5.82 Å². The molecule has 0 unspecified atom stereocenters. The monoisotopic (exact) mass is 291 g/mol. The number of hydrogen-bond donors (Lipinski definition) is 2. The SMILES string of the molecule is Cc1ccc(C#CCN)cc1S(=O)(=O)Nc1ccon1. The molecule has 0 fully saturated rings. The summed E-state index contributed by atoms with van der Waals surface area (Å²) in [4.78, 5) is 0.143. The van der Waals surface area contributed by atoms with Crippen LogP contribution >= 0.6 is 0 Å². The van der Waals surface area contributed by atoms with E-state index < -0.39 is 10.0 Å². The van der Waals surface area contributed by atoms with Gasteiger partial charge in [0.05, 0.1) is 11.4 Å². The Hall–Kier alpha value is -2.30. The third-order valence-corrected chi connectivity index (χ3v) is 3.99. The van der Waals surface area contributed by atoms with Gasteiger partial charge in [-0.25, -0.2) is 8.42 Å². The van der Waals surface area contributed by atoms with E-state index in [9.17, 15) is 8.42 Å². The Bertz CT molecular complexity index is 756. The molecule has 6 nitrogen and oxygen atoms in total. The van der Waals surface area contributed by atoms with Gasteiger partial charge in [0.2, 0.25) is 0 Å². The smallest absolute Gasteiger partial charge is 0.263 e. The predicted octanol–water partition coefficient (Wildman–Crippen LogP) is 1.09. The van der Waals surface area contributed by atoms with Crippen LogP contribution in [-0.4, -0.2) is 20.1 Å². The molecule has 0 aliphatic carbocycles. The summed E-state index contributed by atoms with van der Waals surface area (Å²) < 4.78 is 31.5. The molecule has 0 bridgehead atoms. The first-order chi connectivity index (χ1) is 9.53. The van der Waals surface area contributed by atoms with Crippen LogP contribution in [0.2, 0.25) is 0 Å². The molecule has 2 rings (SSSR count). The van der Waals surface area contributed by atoms with E-state index in [0.29, 0.717) is 11.1 Å². The van der Waals surface area contributed by atoms with Crippen LogP contribution < -0.4 is 10.5 Å². The number of rotatable bonds is 3. The number of nitrogens with one attached hydrogen (secondary N) is 1. The molecule has 0 amide bonds. The van der Waals surface area contributed by atoms with Crippen LogP contribution in [0.5, 0.6) is 0 Å². The highest BCUT2D eigenvalue weighted by Gasteiger charge is 2.18. The molecule has 0 saturated heterocycles. The Morgan fingerprint density at radius 3 is 2.85 bits per heavy atom. The standard InChI is InChI=1S/C13H13N3O3S/c1-10-4-5-11(3-2-7-14)9-12(10)20(17,18)16-13-6-8-19-15-13/h4-6,8-9H,7,14H2,1H3,(H,15,16). The molecule has 7 heteroatoms. The number of aryl methyl sites for hydroxylation is 1. The maximum absolute atomic E-state index is 12.3. The molecule has 3 N–H and O–H groups in total. The molecule has 1 aromatic heterocycles. The van der Waals surface area contributed by atoms with Crippen LogP contribution in [0.1, 0.15) is 11.1 Å². The molecule has 0 atom stereocenters. The van der Waals surface area contributed by atoms with Crippen molar-refractivity contribution in [1.29, 1.82) is 0 Å². The van der Waals surface area contributed by atoms with Gasteiger partial charge < -0.3 is 10.3 Å². The number of sulfonamides is 1. The van der Waals surface area contributed by atoms with Crippen molar-refractivity contribution in [3.63, 3.8) is 0 Å². The molecule has 20 heavy (non-hydrogen) atoms. The lowest BCUT2D eigenvalue weighted by atomic mass is 10.1. The predicted molar refractivity (Wildman–Crippen MR) is 74.4 cm³/mol. The molecule has 104 valence electrons. The molecular weight excluding hydrogens is 278 g/mol. The summed E-state index contributed by atoms with van der Waals surface area (Å²) in [5.74, 6) is 5.61. The Labute approximate surface area is 117 Å². The lowest BCUT2D eigenvalue weighted by Gasteiger charge is -2.08. The fourth-order valence-corrected chi connectivity index (χ4v) is 2.84. The highest BCUT2D eigenvalue weighted by atomic mass is 32.2. The van der Waals surface area contributed by atoms with Crippen LogP contribution in [0, 0.1) is 18.8 Å². The van der Waals surface area contributed by atoms with Crippen LogP contribution in [0.15, 0.2) is 39.9 Å².